The molecule has 0 radical (unpaired) electrons. The van der Waals surface area contributed by atoms with Crippen LogP contribution < -0.4 is 5.32 Å². The molecule has 0 aromatic heterocycles. The van der Waals surface area contributed by atoms with Gasteiger partial charge >= 0.3 is 0 Å². The summed E-state index contributed by atoms with van der Waals surface area (Å²) < 4.78 is 0. The van der Waals surface area contributed by atoms with E-state index in [9.17, 15) is 0 Å². The third-order valence-corrected chi connectivity index (χ3v) is 6.16. The fourth-order valence-corrected chi connectivity index (χ4v) is 5.08. The molecule has 2 bridgehead atoms. The van der Waals surface area contributed by atoms with Crippen LogP contribution >= 0.6 is 0 Å². The van der Waals surface area contributed by atoms with E-state index in [-0.39, 0.29) is 5.41 Å². The van der Waals surface area contributed by atoms with Crippen LogP contribution in [0.2, 0.25) is 0 Å². The van der Waals surface area contributed by atoms with E-state index in [1.54, 1.807) is 22.3 Å². The molecule has 5 rings (SSSR count). The SMILES string of the molecule is c1ccc(CNCCC23CC(c4ccccc42)c2ccccc23)cc1. The van der Waals surface area contributed by atoms with E-state index in [0.29, 0.717) is 5.92 Å². The van der Waals surface area contributed by atoms with Crippen molar-refractivity contribution in [1.29, 1.82) is 0 Å². The van der Waals surface area contributed by atoms with Crippen LogP contribution in [0.3, 0.4) is 0 Å². The first kappa shape index (κ1) is 14.9. The fourth-order valence-electron chi connectivity index (χ4n) is 5.08. The number of fused-ring (bicyclic) bond motifs is 8. The molecule has 0 amide bonds. The summed E-state index contributed by atoms with van der Waals surface area (Å²) in [6.45, 7) is 1.99. The summed E-state index contributed by atoms with van der Waals surface area (Å²) in [5.41, 5.74) is 7.83. The highest BCUT2D eigenvalue weighted by Crippen LogP contribution is 2.61. The monoisotopic (exact) mass is 325 g/mol. The van der Waals surface area contributed by atoms with Gasteiger partial charge in [-0.1, -0.05) is 78.9 Å². The van der Waals surface area contributed by atoms with Gasteiger partial charge in [0.25, 0.3) is 0 Å². The quantitative estimate of drug-likeness (QED) is 0.651. The van der Waals surface area contributed by atoms with Crippen molar-refractivity contribution in [2.24, 2.45) is 0 Å². The number of hydrogen-bond donors (Lipinski definition) is 1. The lowest BCUT2D eigenvalue weighted by atomic mass is 9.73. The van der Waals surface area contributed by atoms with Crippen LogP contribution in [-0.4, -0.2) is 6.54 Å². The van der Waals surface area contributed by atoms with E-state index in [0.717, 1.165) is 13.1 Å². The lowest BCUT2D eigenvalue weighted by Gasteiger charge is -2.31. The Bertz CT molecular complexity index is 849. The van der Waals surface area contributed by atoms with Crippen molar-refractivity contribution in [2.45, 2.75) is 30.7 Å². The largest absolute Gasteiger partial charge is 0.313 e. The van der Waals surface area contributed by atoms with Gasteiger partial charge in [-0.3, -0.25) is 0 Å². The zero-order valence-electron chi connectivity index (χ0n) is 14.4. The molecule has 0 unspecified atom stereocenters. The summed E-state index contributed by atoms with van der Waals surface area (Å²) in [5, 5.41) is 3.67. The van der Waals surface area contributed by atoms with Crippen LogP contribution in [0.5, 0.6) is 0 Å². The van der Waals surface area contributed by atoms with E-state index < -0.39 is 0 Å². The lowest BCUT2D eigenvalue weighted by Crippen LogP contribution is -2.29. The molecule has 0 fully saturated rings. The zero-order chi connectivity index (χ0) is 16.7. The van der Waals surface area contributed by atoms with E-state index in [1.165, 1.54) is 18.4 Å². The standard InChI is InChI=1S/C24H23N/c1-2-8-18(9-3-1)17-25-15-14-24-16-21(19-10-4-6-12-22(19)24)20-11-5-7-13-23(20)24/h1-13,21,25H,14-17H2. The first-order valence-corrected chi connectivity index (χ1v) is 9.32. The molecule has 0 atom stereocenters. The van der Waals surface area contributed by atoms with Gasteiger partial charge in [0.15, 0.2) is 0 Å². The molecule has 0 aliphatic heterocycles. The molecule has 2 aliphatic carbocycles. The second-order valence-corrected chi connectivity index (χ2v) is 7.43. The summed E-state index contributed by atoms with van der Waals surface area (Å²) in [4.78, 5) is 0. The zero-order valence-corrected chi connectivity index (χ0v) is 14.4. The molecule has 1 heteroatoms. The molecule has 0 spiro atoms. The predicted molar refractivity (Wildman–Crippen MR) is 103 cm³/mol. The van der Waals surface area contributed by atoms with Crippen LogP contribution in [-0.2, 0) is 12.0 Å². The predicted octanol–water partition coefficient (Wildman–Crippen LogP) is 5.00. The third kappa shape index (κ3) is 2.26. The third-order valence-electron chi connectivity index (χ3n) is 6.16. The Hall–Kier alpha value is -2.38. The molecule has 3 aromatic carbocycles. The first-order valence-electron chi connectivity index (χ1n) is 9.32. The van der Waals surface area contributed by atoms with E-state index in [1.807, 2.05) is 0 Å². The summed E-state index contributed by atoms with van der Waals surface area (Å²) in [7, 11) is 0. The first-order chi connectivity index (χ1) is 12.4. The average Bonchev–Trinajstić information content (AvgIpc) is 3.19. The van der Waals surface area contributed by atoms with E-state index in [2.05, 4.69) is 84.2 Å². The van der Waals surface area contributed by atoms with Crippen molar-refractivity contribution in [2.75, 3.05) is 6.54 Å². The minimum Gasteiger partial charge on any atom is -0.313 e. The van der Waals surface area contributed by atoms with Crippen molar-refractivity contribution in [3.8, 4) is 0 Å². The maximum Gasteiger partial charge on any atom is 0.0229 e. The molecule has 0 heterocycles. The number of hydrogen-bond acceptors (Lipinski definition) is 1. The van der Waals surface area contributed by atoms with Gasteiger partial charge in [-0.05, 0) is 47.2 Å². The van der Waals surface area contributed by atoms with E-state index >= 15 is 0 Å². The van der Waals surface area contributed by atoms with Gasteiger partial charge in [0.2, 0.25) is 0 Å². The van der Waals surface area contributed by atoms with Gasteiger partial charge in [-0.2, -0.15) is 0 Å². The molecule has 2 aliphatic rings. The van der Waals surface area contributed by atoms with Gasteiger partial charge in [-0.15, -0.1) is 0 Å². The van der Waals surface area contributed by atoms with E-state index in [4.69, 9.17) is 0 Å². The Morgan fingerprint density at radius 3 is 2.04 bits per heavy atom. The summed E-state index contributed by atoms with van der Waals surface area (Å²) >= 11 is 0. The van der Waals surface area contributed by atoms with Gasteiger partial charge in [0, 0.05) is 17.9 Å². The summed E-state index contributed by atoms with van der Waals surface area (Å²) in [6.07, 6.45) is 2.42. The average molecular weight is 325 g/mol. The molecular weight excluding hydrogens is 302 g/mol. The van der Waals surface area contributed by atoms with Crippen LogP contribution in [0, 0.1) is 0 Å². The van der Waals surface area contributed by atoms with Gasteiger partial charge < -0.3 is 5.32 Å². The molecule has 0 saturated carbocycles. The minimum atomic E-state index is 0.210. The number of nitrogens with one attached hydrogen (secondary N) is 1. The molecule has 1 N–H and O–H groups in total. The fraction of sp³-hybridized carbons (Fsp3) is 0.250. The smallest absolute Gasteiger partial charge is 0.0229 e. The van der Waals surface area contributed by atoms with Crippen molar-refractivity contribution in [3.05, 3.63) is 107 Å². The number of rotatable bonds is 5. The van der Waals surface area contributed by atoms with Crippen molar-refractivity contribution in [3.63, 3.8) is 0 Å². The Morgan fingerprint density at radius 1 is 0.760 bits per heavy atom. The van der Waals surface area contributed by atoms with Gasteiger partial charge in [0.1, 0.15) is 0 Å². The van der Waals surface area contributed by atoms with Crippen LogP contribution in [0.25, 0.3) is 0 Å². The highest BCUT2D eigenvalue weighted by molar-refractivity contribution is 5.62. The molecule has 1 nitrogen and oxygen atoms in total. The highest BCUT2D eigenvalue weighted by atomic mass is 14.9. The van der Waals surface area contributed by atoms with Crippen LogP contribution in [0.15, 0.2) is 78.9 Å². The topological polar surface area (TPSA) is 12.0 Å². The Morgan fingerprint density at radius 2 is 1.36 bits per heavy atom. The summed E-state index contributed by atoms with van der Waals surface area (Å²) in [5.74, 6) is 0.599. The molecular formula is C24H23N. The summed E-state index contributed by atoms with van der Waals surface area (Å²) in [6, 6.07) is 28.9. The second kappa shape index (κ2) is 5.86. The Kier molecular flexibility index (Phi) is 3.50. The maximum absolute atomic E-state index is 3.67. The molecule has 3 aromatic rings. The highest BCUT2D eigenvalue weighted by Gasteiger charge is 2.51. The molecule has 0 saturated heterocycles. The van der Waals surface area contributed by atoms with Crippen LogP contribution in [0.1, 0.15) is 46.6 Å². The normalized spacial score (nSPS) is 22.6. The Labute approximate surface area is 149 Å². The molecule has 124 valence electrons. The van der Waals surface area contributed by atoms with Crippen LogP contribution in [0.4, 0.5) is 0 Å². The van der Waals surface area contributed by atoms with Gasteiger partial charge in [-0.25, -0.2) is 0 Å². The maximum atomic E-state index is 3.67. The molecule has 25 heavy (non-hydrogen) atoms. The minimum absolute atomic E-state index is 0.210. The van der Waals surface area contributed by atoms with Crippen molar-refractivity contribution < 1.29 is 0 Å². The van der Waals surface area contributed by atoms with Gasteiger partial charge in [0.05, 0.1) is 0 Å². The lowest BCUT2D eigenvalue weighted by molar-refractivity contribution is 0.464. The van der Waals surface area contributed by atoms with Crippen molar-refractivity contribution in [1.82, 2.24) is 5.32 Å². The Balaban J connectivity index is 1.41. The van der Waals surface area contributed by atoms with Crippen molar-refractivity contribution >= 4 is 0 Å². The second-order valence-electron chi connectivity index (χ2n) is 7.43. The number of benzene rings is 3.